The Kier molecular flexibility index (Phi) is 3.75. The van der Waals surface area contributed by atoms with E-state index in [4.69, 9.17) is 0 Å². The van der Waals surface area contributed by atoms with E-state index < -0.39 is 29.6 Å². The third-order valence-electron chi connectivity index (χ3n) is 2.90. The molecular weight excluding hydrogens is 334 g/mol. The van der Waals surface area contributed by atoms with Crippen LogP contribution in [0.4, 0.5) is 23.2 Å². The Hall–Kier alpha value is -3.24. The minimum atomic E-state index is -4.80. The fraction of sp³-hybridized carbons (Fsp3) is 0.0769. The Morgan fingerprint density at radius 3 is 2.67 bits per heavy atom. The first-order valence-corrected chi connectivity index (χ1v) is 6.35. The van der Waals surface area contributed by atoms with Crippen LogP contribution < -0.4 is 5.32 Å². The maximum Gasteiger partial charge on any atom is 0.471 e. The van der Waals surface area contributed by atoms with Crippen LogP contribution in [0, 0.1) is 5.82 Å². The van der Waals surface area contributed by atoms with Crippen LogP contribution in [0.25, 0.3) is 11.4 Å². The Morgan fingerprint density at radius 2 is 2.08 bits per heavy atom. The van der Waals surface area contributed by atoms with Crippen molar-refractivity contribution < 1.29 is 26.9 Å². The molecule has 2 heterocycles. The van der Waals surface area contributed by atoms with Gasteiger partial charge in [-0.1, -0.05) is 11.2 Å². The number of rotatable bonds is 3. The summed E-state index contributed by atoms with van der Waals surface area (Å²) < 4.78 is 55.4. The van der Waals surface area contributed by atoms with Crippen molar-refractivity contribution in [2.45, 2.75) is 6.18 Å². The van der Waals surface area contributed by atoms with Crippen LogP contribution in [0.15, 0.2) is 35.1 Å². The number of hydrogen-bond acceptors (Lipinski definition) is 5. The Bertz CT molecular complexity index is 873. The lowest BCUT2D eigenvalue weighted by Gasteiger charge is -2.04. The molecular formula is C13H7F4N5O2. The molecule has 0 aliphatic heterocycles. The first-order valence-electron chi connectivity index (χ1n) is 6.35. The number of amides is 1. The van der Waals surface area contributed by atoms with E-state index in [0.29, 0.717) is 5.69 Å². The van der Waals surface area contributed by atoms with Gasteiger partial charge in [0.15, 0.2) is 0 Å². The van der Waals surface area contributed by atoms with Crippen molar-refractivity contribution in [1.82, 2.24) is 20.3 Å². The van der Waals surface area contributed by atoms with E-state index >= 15 is 0 Å². The van der Waals surface area contributed by atoms with Gasteiger partial charge < -0.3 is 9.84 Å². The van der Waals surface area contributed by atoms with Crippen LogP contribution in [-0.4, -0.2) is 26.2 Å². The number of carbonyl (C=O) groups is 1. The van der Waals surface area contributed by atoms with E-state index in [2.05, 4.69) is 30.2 Å². The lowest BCUT2D eigenvalue weighted by atomic mass is 10.1. The number of alkyl halides is 3. The highest BCUT2D eigenvalue weighted by Gasteiger charge is 2.38. The van der Waals surface area contributed by atoms with Crippen molar-refractivity contribution in [3.63, 3.8) is 0 Å². The van der Waals surface area contributed by atoms with Gasteiger partial charge in [0.25, 0.3) is 5.91 Å². The monoisotopic (exact) mass is 341 g/mol. The normalized spacial score (nSPS) is 11.5. The summed E-state index contributed by atoms with van der Waals surface area (Å²) in [5.74, 6) is -3.68. The number of aromatic nitrogens is 4. The first-order chi connectivity index (χ1) is 11.3. The number of hydrogen-bond donors (Lipinski definition) is 2. The molecule has 0 aliphatic rings. The summed E-state index contributed by atoms with van der Waals surface area (Å²) in [5, 5.41) is 11.6. The summed E-state index contributed by atoms with van der Waals surface area (Å²) in [7, 11) is 0. The highest BCUT2D eigenvalue weighted by molar-refractivity contribution is 6.04. The number of aromatic amines is 1. The van der Waals surface area contributed by atoms with Crippen molar-refractivity contribution >= 4 is 11.6 Å². The highest BCUT2D eigenvalue weighted by Crippen LogP contribution is 2.29. The van der Waals surface area contributed by atoms with E-state index in [1.165, 1.54) is 18.5 Å². The van der Waals surface area contributed by atoms with Crippen LogP contribution >= 0.6 is 0 Å². The Balaban J connectivity index is 1.84. The smallest absolute Gasteiger partial charge is 0.329 e. The van der Waals surface area contributed by atoms with Gasteiger partial charge in [0.1, 0.15) is 5.82 Å². The fourth-order valence-electron chi connectivity index (χ4n) is 1.81. The molecule has 0 atom stereocenters. The number of carbonyl (C=O) groups excluding carboxylic acids is 1. The van der Waals surface area contributed by atoms with Crippen LogP contribution in [0.1, 0.15) is 16.2 Å². The van der Waals surface area contributed by atoms with Gasteiger partial charge in [0.05, 0.1) is 17.4 Å². The number of benzene rings is 1. The number of halogens is 4. The van der Waals surface area contributed by atoms with Gasteiger partial charge in [0.2, 0.25) is 5.82 Å². The highest BCUT2D eigenvalue weighted by atomic mass is 19.4. The van der Waals surface area contributed by atoms with Crippen LogP contribution in [0.2, 0.25) is 0 Å². The molecule has 0 bridgehead atoms. The molecule has 11 heteroatoms. The third-order valence-corrected chi connectivity index (χ3v) is 2.90. The molecule has 0 radical (unpaired) electrons. The van der Waals surface area contributed by atoms with Crippen LogP contribution in [-0.2, 0) is 6.18 Å². The zero-order valence-electron chi connectivity index (χ0n) is 11.6. The van der Waals surface area contributed by atoms with Gasteiger partial charge >= 0.3 is 12.1 Å². The summed E-state index contributed by atoms with van der Waals surface area (Å²) in [6.07, 6.45) is -2.08. The van der Waals surface area contributed by atoms with Gasteiger partial charge in [-0.2, -0.15) is 23.3 Å². The van der Waals surface area contributed by atoms with E-state index in [-0.39, 0.29) is 11.1 Å². The zero-order valence-corrected chi connectivity index (χ0v) is 11.6. The summed E-state index contributed by atoms with van der Waals surface area (Å²) in [4.78, 5) is 15.1. The van der Waals surface area contributed by atoms with E-state index in [1.54, 1.807) is 0 Å². The molecule has 0 aliphatic carbocycles. The number of anilines is 1. The third kappa shape index (κ3) is 3.09. The second kappa shape index (κ2) is 5.76. The molecule has 3 aromatic rings. The first kappa shape index (κ1) is 15.6. The van der Waals surface area contributed by atoms with Crippen molar-refractivity contribution in [2.75, 3.05) is 5.32 Å². The van der Waals surface area contributed by atoms with Crippen molar-refractivity contribution in [1.29, 1.82) is 0 Å². The quantitative estimate of drug-likeness (QED) is 0.714. The number of nitrogens with one attached hydrogen (secondary N) is 2. The molecule has 124 valence electrons. The molecule has 24 heavy (non-hydrogen) atoms. The second-order valence-corrected chi connectivity index (χ2v) is 4.56. The summed E-state index contributed by atoms with van der Waals surface area (Å²) in [6.45, 7) is 0. The largest absolute Gasteiger partial charge is 0.471 e. The topological polar surface area (TPSA) is 96.7 Å². The predicted octanol–water partition coefficient (Wildman–Crippen LogP) is 2.87. The number of H-pyrrole nitrogens is 1. The summed E-state index contributed by atoms with van der Waals surface area (Å²) in [5.41, 5.74) is -0.0393. The molecule has 7 nitrogen and oxygen atoms in total. The molecule has 1 aromatic carbocycles. The minimum absolute atomic E-state index is 0.0633. The Labute approximate surface area is 130 Å². The lowest BCUT2D eigenvalue weighted by Crippen LogP contribution is -2.13. The maximum atomic E-state index is 14.1. The van der Waals surface area contributed by atoms with Crippen LogP contribution in [0.3, 0.4) is 0 Å². The van der Waals surface area contributed by atoms with Crippen molar-refractivity contribution in [3.8, 4) is 11.4 Å². The second-order valence-electron chi connectivity index (χ2n) is 4.56. The van der Waals surface area contributed by atoms with Gasteiger partial charge in [-0.25, -0.2) is 4.39 Å². The van der Waals surface area contributed by atoms with Crippen molar-refractivity contribution in [3.05, 3.63) is 47.9 Å². The molecule has 3 rings (SSSR count). The maximum absolute atomic E-state index is 14.1. The molecule has 0 fully saturated rings. The number of nitrogens with zero attached hydrogens (tertiary/aromatic N) is 3. The molecule has 2 N–H and O–H groups in total. The van der Waals surface area contributed by atoms with Gasteiger partial charge in [0, 0.05) is 11.8 Å². The summed E-state index contributed by atoms with van der Waals surface area (Å²) in [6, 6.07) is 3.15. The predicted molar refractivity (Wildman–Crippen MR) is 71.2 cm³/mol. The van der Waals surface area contributed by atoms with Gasteiger partial charge in [-0.3, -0.25) is 9.89 Å². The average molecular weight is 341 g/mol. The molecule has 1 amide bonds. The minimum Gasteiger partial charge on any atom is -0.329 e. The lowest BCUT2D eigenvalue weighted by molar-refractivity contribution is -0.159. The average Bonchev–Trinajstić information content (AvgIpc) is 3.17. The molecule has 0 saturated carbocycles. The summed E-state index contributed by atoms with van der Waals surface area (Å²) >= 11 is 0. The fourth-order valence-corrected chi connectivity index (χ4v) is 1.81. The van der Waals surface area contributed by atoms with E-state index in [1.807, 2.05) is 0 Å². The SMILES string of the molecule is O=C(Nc1cn[nH]c1)c1ccc(-c2noc(C(F)(F)F)n2)cc1F. The molecule has 2 aromatic heterocycles. The zero-order chi connectivity index (χ0) is 17.3. The van der Waals surface area contributed by atoms with Gasteiger partial charge in [-0.15, -0.1) is 0 Å². The molecule has 0 spiro atoms. The van der Waals surface area contributed by atoms with E-state index in [0.717, 1.165) is 12.1 Å². The van der Waals surface area contributed by atoms with Crippen molar-refractivity contribution in [2.24, 2.45) is 0 Å². The van der Waals surface area contributed by atoms with Crippen LogP contribution in [0.5, 0.6) is 0 Å². The molecule has 0 unspecified atom stereocenters. The van der Waals surface area contributed by atoms with Gasteiger partial charge in [-0.05, 0) is 12.1 Å². The molecule has 0 saturated heterocycles. The standard InChI is InChI=1S/C13H7F4N5O2/c14-9-3-6(10-21-12(24-22-10)13(15,16)17)1-2-8(9)11(23)20-7-4-18-19-5-7/h1-5H,(H,18,19)(H,20,23). The Morgan fingerprint density at radius 1 is 1.29 bits per heavy atom. The van der Waals surface area contributed by atoms with E-state index in [9.17, 15) is 22.4 Å².